The number of hydrogen-bond acceptors (Lipinski definition) is 4. The van der Waals surface area contributed by atoms with E-state index in [0.717, 1.165) is 31.1 Å². The second kappa shape index (κ2) is 6.17. The predicted molar refractivity (Wildman–Crippen MR) is 67.8 cm³/mol. The summed E-state index contributed by atoms with van der Waals surface area (Å²) in [5.74, 6) is 0.901. The summed E-state index contributed by atoms with van der Waals surface area (Å²) in [6.07, 6.45) is 3.78. The first-order chi connectivity index (χ1) is 8.28. The summed E-state index contributed by atoms with van der Waals surface area (Å²) in [5.41, 5.74) is 1.05. The number of nitrogens with zero attached hydrogens (tertiary/aromatic N) is 2. The Morgan fingerprint density at radius 3 is 3.18 bits per heavy atom. The van der Waals surface area contributed by atoms with Crippen LogP contribution < -0.4 is 5.32 Å². The molecule has 0 aromatic carbocycles. The first-order valence-electron chi connectivity index (χ1n) is 6.66. The lowest BCUT2D eigenvalue weighted by atomic mass is 10.1. The molecule has 1 atom stereocenters. The van der Waals surface area contributed by atoms with E-state index < -0.39 is 0 Å². The first-order valence-corrected chi connectivity index (χ1v) is 6.66. The smallest absolute Gasteiger partial charge is 0.133 e. The van der Waals surface area contributed by atoms with Crippen LogP contribution in [0.5, 0.6) is 0 Å². The molecular formula is C13H23N3O. The monoisotopic (exact) mass is 237 g/mol. The number of hydrogen-bond donors (Lipinski definition) is 1. The fourth-order valence-corrected chi connectivity index (χ4v) is 2.44. The first kappa shape index (κ1) is 12.6. The summed E-state index contributed by atoms with van der Waals surface area (Å²) in [6.45, 7) is 8.51. The van der Waals surface area contributed by atoms with Crippen molar-refractivity contribution in [3.63, 3.8) is 0 Å². The normalized spacial score (nSPS) is 21.9. The van der Waals surface area contributed by atoms with Crippen molar-refractivity contribution in [2.24, 2.45) is 0 Å². The third kappa shape index (κ3) is 3.82. The molecule has 0 bridgehead atoms. The zero-order valence-electron chi connectivity index (χ0n) is 10.9. The molecule has 1 unspecified atom stereocenters. The van der Waals surface area contributed by atoms with Gasteiger partial charge in [-0.15, -0.1) is 0 Å². The number of rotatable bonds is 5. The molecule has 1 aromatic heterocycles. The van der Waals surface area contributed by atoms with Gasteiger partial charge in [-0.3, -0.25) is 4.90 Å². The highest BCUT2D eigenvalue weighted by Crippen LogP contribution is 2.13. The highest BCUT2D eigenvalue weighted by molar-refractivity contribution is 5.03. The van der Waals surface area contributed by atoms with E-state index >= 15 is 0 Å². The Bertz CT molecular complexity index is 337. The van der Waals surface area contributed by atoms with E-state index in [-0.39, 0.29) is 0 Å². The van der Waals surface area contributed by atoms with Crippen molar-refractivity contribution in [3.8, 4) is 0 Å². The minimum absolute atomic E-state index is 0.650. The molecule has 1 aliphatic rings. The molecule has 1 aromatic rings. The van der Waals surface area contributed by atoms with E-state index in [0.29, 0.717) is 6.04 Å². The topological polar surface area (TPSA) is 41.3 Å². The zero-order valence-corrected chi connectivity index (χ0v) is 10.9. The maximum Gasteiger partial charge on any atom is 0.133 e. The standard InChI is InChI=1S/C13H23N3O/c1-3-6-14-12-5-4-7-16(9-12)10-13-8-11(2)17-15-13/h8,12,14H,3-7,9-10H2,1-2H3. The summed E-state index contributed by atoms with van der Waals surface area (Å²) >= 11 is 0. The summed E-state index contributed by atoms with van der Waals surface area (Å²) in [7, 11) is 0. The zero-order chi connectivity index (χ0) is 12.1. The van der Waals surface area contributed by atoms with E-state index in [1.54, 1.807) is 0 Å². The Labute approximate surface area is 103 Å². The Balaban J connectivity index is 1.80. The fourth-order valence-electron chi connectivity index (χ4n) is 2.44. The highest BCUT2D eigenvalue weighted by Gasteiger charge is 2.19. The molecule has 96 valence electrons. The van der Waals surface area contributed by atoms with Gasteiger partial charge >= 0.3 is 0 Å². The number of nitrogens with one attached hydrogen (secondary N) is 1. The van der Waals surface area contributed by atoms with E-state index in [1.807, 2.05) is 13.0 Å². The van der Waals surface area contributed by atoms with Crippen LogP contribution in [0.3, 0.4) is 0 Å². The number of aryl methyl sites for hydroxylation is 1. The number of likely N-dealkylation sites (tertiary alicyclic amines) is 1. The lowest BCUT2D eigenvalue weighted by Crippen LogP contribution is -2.45. The van der Waals surface area contributed by atoms with Gasteiger partial charge in [0.25, 0.3) is 0 Å². The molecule has 2 rings (SSSR count). The minimum atomic E-state index is 0.650. The molecule has 1 fully saturated rings. The second-order valence-electron chi connectivity index (χ2n) is 4.96. The van der Waals surface area contributed by atoms with Gasteiger partial charge in [0.15, 0.2) is 0 Å². The van der Waals surface area contributed by atoms with Crippen LogP contribution in [-0.2, 0) is 6.54 Å². The van der Waals surface area contributed by atoms with Crippen LogP contribution in [0.1, 0.15) is 37.6 Å². The van der Waals surface area contributed by atoms with Gasteiger partial charge in [-0.05, 0) is 39.3 Å². The van der Waals surface area contributed by atoms with Crippen molar-refractivity contribution >= 4 is 0 Å². The van der Waals surface area contributed by atoms with Crippen molar-refractivity contribution in [1.29, 1.82) is 0 Å². The van der Waals surface area contributed by atoms with Crippen LogP contribution in [0, 0.1) is 6.92 Å². The van der Waals surface area contributed by atoms with Crippen LogP contribution in [-0.4, -0.2) is 35.7 Å². The van der Waals surface area contributed by atoms with Crippen molar-refractivity contribution < 1.29 is 4.52 Å². The molecular weight excluding hydrogens is 214 g/mol. The molecule has 1 N–H and O–H groups in total. The van der Waals surface area contributed by atoms with E-state index in [9.17, 15) is 0 Å². The van der Waals surface area contributed by atoms with Gasteiger partial charge in [0.1, 0.15) is 5.76 Å². The van der Waals surface area contributed by atoms with Crippen LogP contribution in [0.15, 0.2) is 10.6 Å². The molecule has 1 saturated heterocycles. The van der Waals surface area contributed by atoms with E-state index in [2.05, 4.69) is 22.3 Å². The second-order valence-corrected chi connectivity index (χ2v) is 4.96. The van der Waals surface area contributed by atoms with Gasteiger partial charge in [0.2, 0.25) is 0 Å². The maximum absolute atomic E-state index is 5.11. The molecule has 0 radical (unpaired) electrons. The molecule has 4 nitrogen and oxygen atoms in total. The summed E-state index contributed by atoms with van der Waals surface area (Å²) in [4.78, 5) is 2.47. The SMILES string of the molecule is CCCNC1CCCN(Cc2cc(C)on2)C1. The third-order valence-electron chi connectivity index (χ3n) is 3.25. The number of piperidine rings is 1. The van der Waals surface area contributed by atoms with Gasteiger partial charge in [-0.25, -0.2) is 0 Å². The Kier molecular flexibility index (Phi) is 4.57. The average molecular weight is 237 g/mol. The molecule has 0 saturated carbocycles. The molecule has 1 aliphatic heterocycles. The van der Waals surface area contributed by atoms with Gasteiger partial charge < -0.3 is 9.84 Å². The van der Waals surface area contributed by atoms with Gasteiger partial charge in [-0.1, -0.05) is 12.1 Å². The predicted octanol–water partition coefficient (Wildman–Crippen LogP) is 1.95. The molecule has 4 heteroatoms. The van der Waals surface area contributed by atoms with Crippen molar-refractivity contribution in [2.75, 3.05) is 19.6 Å². The average Bonchev–Trinajstić information content (AvgIpc) is 2.73. The van der Waals surface area contributed by atoms with E-state index in [4.69, 9.17) is 4.52 Å². The highest BCUT2D eigenvalue weighted by atomic mass is 16.5. The molecule has 2 heterocycles. The Morgan fingerprint density at radius 1 is 1.59 bits per heavy atom. The quantitative estimate of drug-likeness (QED) is 0.850. The molecule has 0 aliphatic carbocycles. The molecule has 0 spiro atoms. The van der Waals surface area contributed by atoms with Crippen molar-refractivity contribution in [3.05, 3.63) is 17.5 Å². The molecule has 0 amide bonds. The Hall–Kier alpha value is -0.870. The van der Waals surface area contributed by atoms with Gasteiger partial charge in [0, 0.05) is 25.2 Å². The minimum Gasteiger partial charge on any atom is -0.361 e. The lowest BCUT2D eigenvalue weighted by Gasteiger charge is -2.32. The molecule has 17 heavy (non-hydrogen) atoms. The van der Waals surface area contributed by atoms with Gasteiger partial charge in [0.05, 0.1) is 5.69 Å². The van der Waals surface area contributed by atoms with Crippen molar-refractivity contribution in [1.82, 2.24) is 15.4 Å². The van der Waals surface area contributed by atoms with Crippen molar-refractivity contribution in [2.45, 2.75) is 45.7 Å². The van der Waals surface area contributed by atoms with Crippen LogP contribution >= 0.6 is 0 Å². The number of aromatic nitrogens is 1. The summed E-state index contributed by atoms with van der Waals surface area (Å²) in [6, 6.07) is 2.68. The lowest BCUT2D eigenvalue weighted by molar-refractivity contribution is 0.179. The summed E-state index contributed by atoms with van der Waals surface area (Å²) in [5, 5.41) is 7.67. The van der Waals surface area contributed by atoms with E-state index in [1.165, 1.54) is 25.8 Å². The largest absolute Gasteiger partial charge is 0.361 e. The maximum atomic E-state index is 5.11. The van der Waals surface area contributed by atoms with Crippen LogP contribution in [0.25, 0.3) is 0 Å². The van der Waals surface area contributed by atoms with Gasteiger partial charge in [-0.2, -0.15) is 0 Å². The van der Waals surface area contributed by atoms with Crippen LogP contribution in [0.2, 0.25) is 0 Å². The third-order valence-corrected chi connectivity index (χ3v) is 3.25. The summed E-state index contributed by atoms with van der Waals surface area (Å²) < 4.78 is 5.11. The fraction of sp³-hybridized carbons (Fsp3) is 0.769. The Morgan fingerprint density at radius 2 is 2.47 bits per heavy atom. The van der Waals surface area contributed by atoms with Crippen LogP contribution in [0.4, 0.5) is 0 Å².